The highest BCUT2D eigenvalue weighted by molar-refractivity contribution is 5.93. The molecular weight excluding hydrogens is 399 g/mol. The molecule has 4 rings (SSSR count). The van der Waals surface area contributed by atoms with Crippen molar-refractivity contribution in [1.82, 2.24) is 30.5 Å². The van der Waals surface area contributed by atoms with E-state index in [1.807, 2.05) is 13.0 Å². The minimum Gasteiger partial charge on any atom is -0.376 e. The number of hydrogen-bond donors (Lipinski definition) is 1. The van der Waals surface area contributed by atoms with Gasteiger partial charge in [0.15, 0.2) is 0 Å². The number of nitrogens with one attached hydrogen (secondary N) is 1. The Morgan fingerprint density at radius 2 is 2.13 bits per heavy atom. The maximum Gasteiger partial charge on any atom is 0.270 e. The van der Waals surface area contributed by atoms with Gasteiger partial charge in [0.1, 0.15) is 11.5 Å². The number of aryl methyl sites for hydroxylation is 2. The Morgan fingerprint density at radius 3 is 2.90 bits per heavy atom. The fourth-order valence-electron chi connectivity index (χ4n) is 3.57. The summed E-state index contributed by atoms with van der Waals surface area (Å²) in [6, 6.07) is 8.22. The molecule has 2 aromatic heterocycles. The van der Waals surface area contributed by atoms with E-state index in [2.05, 4.69) is 25.7 Å². The maximum atomic E-state index is 13.4. The van der Waals surface area contributed by atoms with Crippen molar-refractivity contribution in [3.8, 4) is 11.4 Å². The molecule has 0 bridgehead atoms. The van der Waals surface area contributed by atoms with Crippen LogP contribution in [0.4, 0.5) is 4.39 Å². The van der Waals surface area contributed by atoms with E-state index in [1.54, 1.807) is 25.1 Å². The number of pyridine rings is 1. The predicted octanol–water partition coefficient (Wildman–Crippen LogP) is 2.99. The third-order valence-electron chi connectivity index (χ3n) is 5.21. The Balaban J connectivity index is 1.45. The van der Waals surface area contributed by atoms with E-state index in [0.717, 1.165) is 31.4 Å². The standard InChI is InChI=1S/C22H25FN6O2/c1-14-9-16(6-7-19(14)23)12-24-22(30)20-11-17(10-15(2)25-20)21-26-28-29(27-21)13-18-5-3-4-8-31-18/h6-7,9-11,18H,3-5,8,12-13H2,1-2H3,(H,24,30). The van der Waals surface area contributed by atoms with E-state index in [9.17, 15) is 9.18 Å². The average Bonchev–Trinajstić information content (AvgIpc) is 3.23. The molecule has 1 amide bonds. The lowest BCUT2D eigenvalue weighted by atomic mass is 10.1. The predicted molar refractivity (Wildman–Crippen MR) is 112 cm³/mol. The molecule has 1 aromatic carbocycles. The Kier molecular flexibility index (Phi) is 6.31. The van der Waals surface area contributed by atoms with Crippen molar-refractivity contribution in [2.75, 3.05) is 6.61 Å². The van der Waals surface area contributed by atoms with E-state index in [1.165, 1.54) is 10.9 Å². The van der Waals surface area contributed by atoms with Gasteiger partial charge in [0.25, 0.3) is 5.91 Å². The van der Waals surface area contributed by atoms with Gasteiger partial charge in [-0.3, -0.25) is 4.79 Å². The number of hydrogen-bond acceptors (Lipinski definition) is 6. The highest BCUT2D eigenvalue weighted by atomic mass is 19.1. The Hall–Kier alpha value is -3.20. The number of benzene rings is 1. The fourth-order valence-corrected chi connectivity index (χ4v) is 3.57. The normalized spacial score (nSPS) is 16.3. The summed E-state index contributed by atoms with van der Waals surface area (Å²) < 4.78 is 19.2. The zero-order valence-corrected chi connectivity index (χ0v) is 17.6. The summed E-state index contributed by atoms with van der Waals surface area (Å²) in [5.74, 6) is -0.157. The SMILES string of the molecule is Cc1cc(-c2nnn(CC3CCCCO3)n2)cc(C(=O)NCc2ccc(F)c(C)c2)n1. The van der Waals surface area contributed by atoms with Gasteiger partial charge in [-0.05, 0) is 67.6 Å². The summed E-state index contributed by atoms with van der Waals surface area (Å²) >= 11 is 0. The molecule has 0 radical (unpaired) electrons. The summed E-state index contributed by atoms with van der Waals surface area (Å²) in [7, 11) is 0. The van der Waals surface area contributed by atoms with Crippen LogP contribution < -0.4 is 5.32 Å². The molecule has 8 nitrogen and oxygen atoms in total. The van der Waals surface area contributed by atoms with Gasteiger partial charge in [-0.25, -0.2) is 9.37 Å². The molecule has 3 aromatic rings. The number of halogens is 1. The van der Waals surface area contributed by atoms with Crippen molar-refractivity contribution in [1.29, 1.82) is 0 Å². The van der Waals surface area contributed by atoms with Gasteiger partial charge in [-0.15, -0.1) is 10.2 Å². The number of ether oxygens (including phenoxy) is 1. The van der Waals surface area contributed by atoms with E-state index in [-0.39, 0.29) is 30.1 Å². The summed E-state index contributed by atoms with van der Waals surface area (Å²) in [6.07, 6.45) is 3.33. The lowest BCUT2D eigenvalue weighted by molar-refractivity contribution is 0.00133. The quantitative estimate of drug-likeness (QED) is 0.654. The van der Waals surface area contributed by atoms with Gasteiger partial charge in [0.05, 0.1) is 12.6 Å². The highest BCUT2D eigenvalue weighted by Crippen LogP contribution is 2.18. The first-order valence-electron chi connectivity index (χ1n) is 10.4. The number of rotatable bonds is 6. The number of carbonyl (C=O) groups excluding carboxylic acids is 1. The second-order valence-electron chi connectivity index (χ2n) is 7.81. The minimum atomic E-state index is -0.324. The zero-order chi connectivity index (χ0) is 21.8. The van der Waals surface area contributed by atoms with Crippen molar-refractivity contribution in [3.05, 3.63) is 58.7 Å². The second kappa shape index (κ2) is 9.30. The molecule has 0 spiro atoms. The van der Waals surface area contributed by atoms with Crippen LogP contribution in [0.25, 0.3) is 11.4 Å². The number of tetrazole rings is 1. The number of aromatic nitrogens is 5. The molecule has 1 atom stereocenters. The molecular formula is C22H25FN6O2. The molecule has 0 saturated carbocycles. The molecule has 3 heterocycles. The fraction of sp³-hybridized carbons (Fsp3) is 0.409. The van der Waals surface area contributed by atoms with Crippen LogP contribution in [0.3, 0.4) is 0 Å². The molecule has 1 aliphatic rings. The minimum absolute atomic E-state index is 0.103. The first-order chi connectivity index (χ1) is 15.0. The number of carbonyl (C=O) groups is 1. The van der Waals surface area contributed by atoms with Crippen molar-refractivity contribution < 1.29 is 13.9 Å². The van der Waals surface area contributed by atoms with Crippen molar-refractivity contribution >= 4 is 5.91 Å². The van der Waals surface area contributed by atoms with E-state index in [0.29, 0.717) is 29.2 Å². The Labute approximate surface area is 179 Å². The van der Waals surface area contributed by atoms with Gasteiger partial charge in [-0.2, -0.15) is 4.80 Å². The van der Waals surface area contributed by atoms with E-state index in [4.69, 9.17) is 4.74 Å². The van der Waals surface area contributed by atoms with Crippen molar-refractivity contribution in [2.24, 2.45) is 0 Å². The van der Waals surface area contributed by atoms with Gasteiger partial charge in [0, 0.05) is 24.4 Å². The van der Waals surface area contributed by atoms with Gasteiger partial charge >= 0.3 is 0 Å². The van der Waals surface area contributed by atoms with Crippen molar-refractivity contribution in [3.63, 3.8) is 0 Å². The first-order valence-corrected chi connectivity index (χ1v) is 10.4. The van der Waals surface area contributed by atoms with Gasteiger partial charge < -0.3 is 10.1 Å². The summed E-state index contributed by atoms with van der Waals surface area (Å²) in [5.41, 5.74) is 2.96. The largest absolute Gasteiger partial charge is 0.376 e. The highest BCUT2D eigenvalue weighted by Gasteiger charge is 2.18. The van der Waals surface area contributed by atoms with Crippen molar-refractivity contribution in [2.45, 2.75) is 52.3 Å². The number of nitrogens with zero attached hydrogens (tertiary/aromatic N) is 5. The van der Waals surface area contributed by atoms with E-state index >= 15 is 0 Å². The third kappa shape index (κ3) is 5.29. The molecule has 1 saturated heterocycles. The molecule has 1 aliphatic heterocycles. The summed E-state index contributed by atoms with van der Waals surface area (Å²) in [4.78, 5) is 18.5. The smallest absolute Gasteiger partial charge is 0.270 e. The third-order valence-corrected chi connectivity index (χ3v) is 5.21. The second-order valence-corrected chi connectivity index (χ2v) is 7.81. The lowest BCUT2D eigenvalue weighted by Crippen LogP contribution is -2.25. The van der Waals surface area contributed by atoms with Crippen LogP contribution in [0.15, 0.2) is 30.3 Å². The molecule has 1 fully saturated rings. The lowest BCUT2D eigenvalue weighted by Gasteiger charge is -2.21. The van der Waals surface area contributed by atoms with Crippen LogP contribution in [0.1, 0.15) is 46.6 Å². The molecule has 1 N–H and O–H groups in total. The molecule has 0 aliphatic carbocycles. The van der Waals surface area contributed by atoms with Crippen LogP contribution in [-0.2, 0) is 17.8 Å². The first kappa shape index (κ1) is 21.0. The number of amides is 1. The van der Waals surface area contributed by atoms with Crippen LogP contribution in [0.5, 0.6) is 0 Å². The van der Waals surface area contributed by atoms with Crippen LogP contribution >= 0.6 is 0 Å². The average molecular weight is 424 g/mol. The zero-order valence-electron chi connectivity index (χ0n) is 17.6. The van der Waals surface area contributed by atoms with E-state index < -0.39 is 0 Å². The Morgan fingerprint density at radius 1 is 1.26 bits per heavy atom. The van der Waals surface area contributed by atoms with Crippen LogP contribution in [-0.4, -0.2) is 43.8 Å². The Bertz CT molecular complexity index is 1080. The molecule has 1 unspecified atom stereocenters. The summed E-state index contributed by atoms with van der Waals surface area (Å²) in [6.45, 7) is 5.10. The van der Waals surface area contributed by atoms with Crippen LogP contribution in [0, 0.1) is 19.7 Å². The molecule has 9 heteroatoms. The van der Waals surface area contributed by atoms with Gasteiger partial charge in [-0.1, -0.05) is 12.1 Å². The topological polar surface area (TPSA) is 94.8 Å². The molecule has 31 heavy (non-hydrogen) atoms. The maximum absolute atomic E-state index is 13.4. The monoisotopic (exact) mass is 424 g/mol. The van der Waals surface area contributed by atoms with Gasteiger partial charge in [0.2, 0.25) is 5.82 Å². The molecule has 162 valence electrons. The summed E-state index contributed by atoms with van der Waals surface area (Å²) in [5, 5.41) is 15.5. The van der Waals surface area contributed by atoms with Crippen LogP contribution in [0.2, 0.25) is 0 Å².